The Kier molecular flexibility index (Phi) is 8.34. The second-order valence-electron chi connectivity index (χ2n) is 9.61. The fraction of sp³-hybridized carbons (Fsp3) is 0.296. The predicted molar refractivity (Wildman–Crippen MR) is 151 cm³/mol. The number of halogens is 2. The number of hydrogen-bond donors (Lipinski definition) is 4. The van der Waals surface area contributed by atoms with Crippen LogP contribution in [0.5, 0.6) is 0 Å². The summed E-state index contributed by atoms with van der Waals surface area (Å²) in [4.78, 5) is 53.6. The van der Waals surface area contributed by atoms with Crippen molar-refractivity contribution in [1.82, 2.24) is 25.7 Å². The number of urea groups is 1. The molecule has 5 amide bonds. The highest BCUT2D eigenvalue weighted by Gasteiger charge is 2.28. The van der Waals surface area contributed by atoms with Gasteiger partial charge in [0.05, 0.1) is 21.3 Å². The van der Waals surface area contributed by atoms with Gasteiger partial charge in [-0.15, -0.1) is 0 Å². The molecule has 13 heteroatoms. The number of imide groups is 1. The fourth-order valence-corrected chi connectivity index (χ4v) is 5.46. The smallest absolute Gasteiger partial charge is 0.328 e. The van der Waals surface area contributed by atoms with Crippen LogP contribution in [-0.4, -0.2) is 64.5 Å². The Bertz CT molecular complexity index is 1430. The lowest BCUT2D eigenvalue weighted by molar-refractivity contribution is -0.120. The Balaban J connectivity index is 1.16. The van der Waals surface area contributed by atoms with Gasteiger partial charge in [-0.1, -0.05) is 47.5 Å². The maximum Gasteiger partial charge on any atom is 0.328 e. The molecule has 2 aromatic carbocycles. The summed E-state index contributed by atoms with van der Waals surface area (Å²) in [6.07, 6.45) is 3.12. The van der Waals surface area contributed by atoms with E-state index in [4.69, 9.17) is 23.2 Å². The molecule has 2 aliphatic rings. The van der Waals surface area contributed by atoms with E-state index in [9.17, 15) is 19.2 Å². The Morgan fingerprint density at radius 1 is 0.975 bits per heavy atom. The molecule has 3 aromatic rings. The van der Waals surface area contributed by atoms with E-state index in [1.807, 2.05) is 24.3 Å². The van der Waals surface area contributed by atoms with E-state index in [-0.39, 0.29) is 45.4 Å². The van der Waals surface area contributed by atoms with Crippen LogP contribution in [0, 0.1) is 0 Å². The van der Waals surface area contributed by atoms with E-state index in [1.165, 1.54) is 6.20 Å². The van der Waals surface area contributed by atoms with Crippen LogP contribution in [0.15, 0.2) is 48.7 Å². The SMILES string of the molecule is O=C1CCN(c2ccccc2CN2CCC(NC(=O)c3n[nH]cc3NC(=O)c3c(Cl)cccc3Cl)CC2)C(=O)N1. The van der Waals surface area contributed by atoms with Gasteiger partial charge in [0.1, 0.15) is 0 Å². The standard InChI is InChI=1S/C27H27Cl2N7O4/c28-18-5-3-6-19(29)23(18)25(38)32-20-14-30-34-24(20)26(39)31-17-8-11-35(12-9-17)15-16-4-1-2-7-21(16)36-13-10-22(37)33-27(36)40/h1-7,14,17H,8-13,15H2,(H,30,34)(H,31,39)(H,32,38)(H,33,37,40). The number of amides is 5. The first-order chi connectivity index (χ1) is 19.3. The van der Waals surface area contributed by atoms with Gasteiger partial charge in [0.25, 0.3) is 11.8 Å². The number of para-hydroxylation sites is 1. The van der Waals surface area contributed by atoms with Gasteiger partial charge in [-0.25, -0.2) is 4.79 Å². The number of aromatic nitrogens is 2. The van der Waals surface area contributed by atoms with Crippen LogP contribution in [0.25, 0.3) is 0 Å². The minimum absolute atomic E-state index is 0.0613. The van der Waals surface area contributed by atoms with Crippen molar-refractivity contribution < 1.29 is 19.2 Å². The Morgan fingerprint density at radius 2 is 1.70 bits per heavy atom. The molecule has 5 rings (SSSR count). The van der Waals surface area contributed by atoms with Gasteiger partial charge in [0.2, 0.25) is 5.91 Å². The number of likely N-dealkylation sites (tertiary alicyclic amines) is 1. The molecule has 2 fully saturated rings. The van der Waals surface area contributed by atoms with Crippen LogP contribution in [0.2, 0.25) is 10.0 Å². The van der Waals surface area contributed by atoms with Crippen LogP contribution in [0.3, 0.4) is 0 Å². The molecule has 0 atom stereocenters. The highest BCUT2D eigenvalue weighted by molar-refractivity contribution is 6.40. The molecule has 208 valence electrons. The number of anilines is 2. The lowest BCUT2D eigenvalue weighted by atomic mass is 10.0. The van der Waals surface area contributed by atoms with Gasteiger partial charge in [-0.3, -0.25) is 34.6 Å². The van der Waals surface area contributed by atoms with Crippen LogP contribution in [-0.2, 0) is 11.3 Å². The number of nitrogens with zero attached hydrogens (tertiary/aromatic N) is 3. The summed E-state index contributed by atoms with van der Waals surface area (Å²) in [6, 6.07) is 11.9. The summed E-state index contributed by atoms with van der Waals surface area (Å²) < 4.78 is 0. The van der Waals surface area contributed by atoms with E-state index < -0.39 is 17.8 Å². The van der Waals surface area contributed by atoms with Gasteiger partial charge >= 0.3 is 6.03 Å². The number of hydrogen-bond acceptors (Lipinski definition) is 6. The minimum atomic E-state index is -0.548. The van der Waals surface area contributed by atoms with Gasteiger partial charge in [-0.05, 0) is 36.6 Å². The maximum atomic E-state index is 13.0. The number of piperidine rings is 1. The van der Waals surface area contributed by atoms with Crippen LogP contribution in [0.1, 0.15) is 45.7 Å². The molecule has 2 saturated heterocycles. The summed E-state index contributed by atoms with van der Waals surface area (Å²) in [7, 11) is 0. The average molecular weight is 584 g/mol. The van der Waals surface area contributed by atoms with Gasteiger partial charge < -0.3 is 10.6 Å². The van der Waals surface area contributed by atoms with E-state index >= 15 is 0 Å². The first kappa shape index (κ1) is 27.6. The van der Waals surface area contributed by atoms with Crippen LogP contribution in [0.4, 0.5) is 16.2 Å². The second-order valence-corrected chi connectivity index (χ2v) is 10.4. The molecule has 0 unspecified atom stereocenters. The monoisotopic (exact) mass is 583 g/mol. The molecule has 0 aliphatic carbocycles. The zero-order valence-electron chi connectivity index (χ0n) is 21.4. The first-order valence-electron chi connectivity index (χ1n) is 12.8. The topological polar surface area (TPSA) is 140 Å². The third kappa shape index (κ3) is 6.11. The lowest BCUT2D eigenvalue weighted by Crippen LogP contribution is -2.50. The molecule has 40 heavy (non-hydrogen) atoms. The normalized spacial score (nSPS) is 16.5. The molecule has 2 aliphatic heterocycles. The molecule has 0 radical (unpaired) electrons. The third-order valence-corrected chi connectivity index (χ3v) is 7.58. The summed E-state index contributed by atoms with van der Waals surface area (Å²) in [6.45, 7) is 2.45. The molecule has 0 saturated carbocycles. The quantitative estimate of drug-likeness (QED) is 0.333. The molecular formula is C27H27Cl2N7O4. The average Bonchev–Trinajstić information content (AvgIpc) is 3.38. The Hall–Kier alpha value is -3.93. The van der Waals surface area contributed by atoms with Crippen molar-refractivity contribution in [3.05, 3.63) is 75.5 Å². The largest absolute Gasteiger partial charge is 0.348 e. The summed E-state index contributed by atoms with van der Waals surface area (Å²) >= 11 is 12.3. The number of carbonyl (C=O) groups excluding carboxylic acids is 4. The fourth-order valence-electron chi connectivity index (χ4n) is 4.89. The molecular weight excluding hydrogens is 557 g/mol. The zero-order chi connectivity index (χ0) is 28.2. The third-order valence-electron chi connectivity index (χ3n) is 6.95. The summed E-state index contributed by atoms with van der Waals surface area (Å²) in [5.41, 5.74) is 2.17. The number of nitrogens with one attached hydrogen (secondary N) is 4. The summed E-state index contributed by atoms with van der Waals surface area (Å²) in [5.74, 6) is -1.22. The molecule has 1 aromatic heterocycles. The van der Waals surface area contributed by atoms with Crippen molar-refractivity contribution in [2.45, 2.75) is 31.8 Å². The van der Waals surface area contributed by atoms with Crippen molar-refractivity contribution in [1.29, 1.82) is 0 Å². The lowest BCUT2D eigenvalue weighted by Gasteiger charge is -2.34. The van der Waals surface area contributed by atoms with E-state index in [0.29, 0.717) is 25.9 Å². The van der Waals surface area contributed by atoms with Gasteiger partial charge in [0, 0.05) is 50.5 Å². The zero-order valence-corrected chi connectivity index (χ0v) is 22.9. The molecule has 0 bridgehead atoms. The van der Waals surface area contributed by atoms with Crippen LogP contribution >= 0.6 is 23.2 Å². The van der Waals surface area contributed by atoms with E-state index in [2.05, 4.69) is 31.0 Å². The van der Waals surface area contributed by atoms with Crippen molar-refractivity contribution in [2.24, 2.45) is 0 Å². The second kappa shape index (κ2) is 12.1. The van der Waals surface area contributed by atoms with Gasteiger partial charge in [0.15, 0.2) is 5.69 Å². The number of aromatic amines is 1. The van der Waals surface area contributed by atoms with Crippen molar-refractivity contribution in [2.75, 3.05) is 29.9 Å². The van der Waals surface area contributed by atoms with Gasteiger partial charge in [-0.2, -0.15) is 5.10 Å². The minimum Gasteiger partial charge on any atom is -0.348 e. The number of carbonyl (C=O) groups is 4. The van der Waals surface area contributed by atoms with E-state index in [1.54, 1.807) is 23.1 Å². The Morgan fingerprint density at radius 3 is 2.42 bits per heavy atom. The van der Waals surface area contributed by atoms with Crippen LogP contribution < -0.4 is 20.9 Å². The number of benzene rings is 2. The first-order valence-corrected chi connectivity index (χ1v) is 13.6. The highest BCUT2D eigenvalue weighted by Crippen LogP contribution is 2.27. The molecule has 0 spiro atoms. The Labute approximate surface area is 240 Å². The maximum absolute atomic E-state index is 13.0. The molecule has 3 heterocycles. The molecule has 4 N–H and O–H groups in total. The van der Waals surface area contributed by atoms with Crippen molar-refractivity contribution >= 4 is 58.3 Å². The molecule has 11 nitrogen and oxygen atoms in total. The van der Waals surface area contributed by atoms with Crippen molar-refractivity contribution in [3.63, 3.8) is 0 Å². The van der Waals surface area contributed by atoms with E-state index in [0.717, 1.165) is 24.3 Å². The van der Waals surface area contributed by atoms with Crippen molar-refractivity contribution in [3.8, 4) is 0 Å². The number of H-pyrrole nitrogens is 1. The number of rotatable bonds is 7. The predicted octanol–water partition coefficient (Wildman–Crippen LogP) is 3.81. The highest BCUT2D eigenvalue weighted by atomic mass is 35.5. The summed E-state index contributed by atoms with van der Waals surface area (Å²) in [5, 5.41) is 15.1.